The van der Waals surface area contributed by atoms with Crippen molar-refractivity contribution in [3.63, 3.8) is 0 Å². The molecule has 1 aromatic heterocycles. The zero-order valence-electron chi connectivity index (χ0n) is 17.6. The minimum absolute atomic E-state index is 0.158. The van der Waals surface area contributed by atoms with Gasteiger partial charge in [0.05, 0.1) is 18.6 Å². The second-order valence-electron chi connectivity index (χ2n) is 7.02. The molecule has 6 nitrogen and oxygen atoms in total. The van der Waals surface area contributed by atoms with Crippen molar-refractivity contribution in [1.82, 2.24) is 14.8 Å². The highest BCUT2D eigenvalue weighted by Crippen LogP contribution is 2.29. The lowest BCUT2D eigenvalue weighted by molar-refractivity contribution is -0.113. The number of anilines is 1. The Morgan fingerprint density at radius 1 is 1.06 bits per heavy atom. The van der Waals surface area contributed by atoms with Crippen molar-refractivity contribution >= 4 is 35.0 Å². The van der Waals surface area contributed by atoms with Crippen LogP contribution in [0.3, 0.4) is 0 Å². The van der Waals surface area contributed by atoms with Crippen LogP contribution in [0.15, 0.2) is 78.0 Å². The van der Waals surface area contributed by atoms with Crippen LogP contribution < -0.4 is 10.1 Å². The Kier molecular flexibility index (Phi) is 6.78. The van der Waals surface area contributed by atoms with Gasteiger partial charge in [0, 0.05) is 16.3 Å². The second-order valence-corrected chi connectivity index (χ2v) is 8.40. The van der Waals surface area contributed by atoms with E-state index < -0.39 is 0 Å². The Morgan fingerprint density at radius 2 is 1.81 bits per heavy atom. The molecule has 4 aromatic rings. The predicted molar refractivity (Wildman–Crippen MR) is 129 cm³/mol. The summed E-state index contributed by atoms with van der Waals surface area (Å²) in [6.07, 6.45) is 0. The molecule has 1 N–H and O–H groups in total. The fraction of sp³-hybridized carbons (Fsp3) is 0.125. The summed E-state index contributed by atoms with van der Waals surface area (Å²) in [4.78, 5) is 12.7. The Balaban J connectivity index is 1.58. The van der Waals surface area contributed by atoms with Crippen LogP contribution in [0.1, 0.15) is 5.56 Å². The maximum atomic E-state index is 12.7. The highest BCUT2D eigenvalue weighted by molar-refractivity contribution is 7.99. The number of ether oxygens (including phenoxy) is 1. The minimum atomic E-state index is -0.158. The summed E-state index contributed by atoms with van der Waals surface area (Å²) >= 11 is 7.36. The third kappa shape index (κ3) is 4.95. The number of aryl methyl sites for hydroxylation is 1. The average molecular weight is 465 g/mol. The third-order valence-corrected chi connectivity index (χ3v) is 5.89. The molecule has 8 heteroatoms. The predicted octanol–water partition coefficient (Wildman–Crippen LogP) is 5.64. The molecule has 0 radical (unpaired) electrons. The maximum Gasteiger partial charge on any atom is 0.234 e. The number of carbonyl (C=O) groups is 1. The summed E-state index contributed by atoms with van der Waals surface area (Å²) in [5.74, 6) is 1.31. The Hall–Kier alpha value is -3.29. The Bertz CT molecular complexity index is 1230. The van der Waals surface area contributed by atoms with Gasteiger partial charge in [-0.1, -0.05) is 47.6 Å². The van der Waals surface area contributed by atoms with Gasteiger partial charge in [0.25, 0.3) is 0 Å². The van der Waals surface area contributed by atoms with Crippen molar-refractivity contribution in [2.75, 3.05) is 18.2 Å². The van der Waals surface area contributed by atoms with Gasteiger partial charge in [0.2, 0.25) is 5.91 Å². The number of carbonyl (C=O) groups excluding carboxylic acids is 1. The summed E-state index contributed by atoms with van der Waals surface area (Å²) < 4.78 is 7.28. The van der Waals surface area contributed by atoms with Crippen molar-refractivity contribution in [3.05, 3.63) is 83.4 Å². The second kappa shape index (κ2) is 9.89. The van der Waals surface area contributed by atoms with Crippen molar-refractivity contribution in [2.24, 2.45) is 0 Å². The SMILES string of the molecule is COc1ccc(C)cc1NC(=O)CSc1nnc(-c2ccc(Cl)cc2)n1-c1ccccc1. The number of aromatic nitrogens is 3. The molecular weight excluding hydrogens is 444 g/mol. The molecule has 0 aliphatic heterocycles. The topological polar surface area (TPSA) is 69.0 Å². The van der Waals surface area contributed by atoms with Gasteiger partial charge in [-0.25, -0.2) is 0 Å². The fourth-order valence-electron chi connectivity index (χ4n) is 3.20. The molecule has 0 saturated heterocycles. The number of para-hydroxylation sites is 1. The van der Waals surface area contributed by atoms with Crippen molar-refractivity contribution < 1.29 is 9.53 Å². The van der Waals surface area contributed by atoms with E-state index in [4.69, 9.17) is 16.3 Å². The Morgan fingerprint density at radius 3 is 2.53 bits per heavy atom. The largest absolute Gasteiger partial charge is 0.495 e. The molecule has 0 atom stereocenters. The number of thioether (sulfide) groups is 1. The van der Waals surface area contributed by atoms with Crippen molar-refractivity contribution in [3.8, 4) is 22.8 Å². The average Bonchev–Trinajstić information content (AvgIpc) is 3.23. The number of hydrogen-bond acceptors (Lipinski definition) is 5. The van der Waals surface area contributed by atoms with Gasteiger partial charge in [-0.05, 0) is 61.0 Å². The molecule has 4 rings (SSSR count). The lowest BCUT2D eigenvalue weighted by Crippen LogP contribution is -2.15. The molecule has 0 unspecified atom stereocenters. The number of methoxy groups -OCH3 is 1. The van der Waals surface area contributed by atoms with E-state index in [1.807, 2.05) is 84.3 Å². The molecule has 3 aromatic carbocycles. The number of rotatable bonds is 7. The molecule has 0 spiro atoms. The number of nitrogens with zero attached hydrogens (tertiary/aromatic N) is 3. The van der Waals surface area contributed by atoms with Crippen LogP contribution in [0.25, 0.3) is 17.1 Å². The normalized spacial score (nSPS) is 10.7. The van der Waals surface area contributed by atoms with E-state index in [9.17, 15) is 4.79 Å². The molecule has 1 heterocycles. The van der Waals surface area contributed by atoms with E-state index in [1.165, 1.54) is 11.8 Å². The zero-order valence-corrected chi connectivity index (χ0v) is 19.2. The van der Waals surface area contributed by atoms with E-state index >= 15 is 0 Å². The van der Waals surface area contributed by atoms with Crippen LogP contribution in [0.2, 0.25) is 5.02 Å². The number of nitrogens with one attached hydrogen (secondary N) is 1. The van der Waals surface area contributed by atoms with E-state index in [1.54, 1.807) is 7.11 Å². The van der Waals surface area contributed by atoms with Gasteiger partial charge in [-0.2, -0.15) is 0 Å². The molecule has 32 heavy (non-hydrogen) atoms. The van der Waals surface area contributed by atoms with Crippen molar-refractivity contribution in [2.45, 2.75) is 12.1 Å². The molecule has 0 bridgehead atoms. The smallest absolute Gasteiger partial charge is 0.234 e. The highest BCUT2D eigenvalue weighted by Gasteiger charge is 2.18. The van der Waals surface area contributed by atoms with Crippen LogP contribution in [-0.4, -0.2) is 33.5 Å². The van der Waals surface area contributed by atoms with Crippen LogP contribution in [0, 0.1) is 6.92 Å². The third-order valence-electron chi connectivity index (χ3n) is 4.71. The molecule has 0 aliphatic carbocycles. The van der Waals surface area contributed by atoms with Crippen LogP contribution in [0.4, 0.5) is 5.69 Å². The van der Waals surface area contributed by atoms with Gasteiger partial charge in [0.1, 0.15) is 5.75 Å². The fourth-order valence-corrected chi connectivity index (χ4v) is 4.07. The standard InChI is InChI=1S/C24H21ClN4O2S/c1-16-8-13-21(31-2)20(14-16)26-22(30)15-32-24-28-27-23(17-9-11-18(25)12-10-17)29(24)19-6-4-3-5-7-19/h3-14H,15H2,1-2H3,(H,26,30). The van der Waals surface area contributed by atoms with E-state index in [0.29, 0.717) is 27.4 Å². The summed E-state index contributed by atoms with van der Waals surface area (Å²) in [7, 11) is 1.58. The lowest BCUT2D eigenvalue weighted by atomic mass is 10.2. The van der Waals surface area contributed by atoms with E-state index in [0.717, 1.165) is 16.8 Å². The van der Waals surface area contributed by atoms with Gasteiger partial charge in [-0.15, -0.1) is 10.2 Å². The Labute approximate surface area is 195 Å². The molecule has 0 saturated carbocycles. The van der Waals surface area contributed by atoms with E-state index in [-0.39, 0.29) is 11.7 Å². The summed E-state index contributed by atoms with van der Waals surface area (Å²) in [6.45, 7) is 1.96. The first-order chi connectivity index (χ1) is 15.5. The number of halogens is 1. The molecule has 1 amide bonds. The van der Waals surface area contributed by atoms with Crippen LogP contribution in [0.5, 0.6) is 5.75 Å². The van der Waals surface area contributed by atoms with Crippen LogP contribution in [-0.2, 0) is 4.79 Å². The number of hydrogen-bond donors (Lipinski definition) is 1. The molecule has 0 aliphatic rings. The van der Waals surface area contributed by atoms with Gasteiger partial charge in [0.15, 0.2) is 11.0 Å². The van der Waals surface area contributed by atoms with Gasteiger partial charge < -0.3 is 10.1 Å². The van der Waals surface area contributed by atoms with Gasteiger partial charge in [-0.3, -0.25) is 9.36 Å². The maximum absolute atomic E-state index is 12.7. The van der Waals surface area contributed by atoms with Crippen molar-refractivity contribution in [1.29, 1.82) is 0 Å². The first kappa shape index (κ1) is 21.9. The van der Waals surface area contributed by atoms with E-state index in [2.05, 4.69) is 15.5 Å². The monoisotopic (exact) mass is 464 g/mol. The first-order valence-corrected chi connectivity index (χ1v) is 11.3. The minimum Gasteiger partial charge on any atom is -0.495 e. The highest BCUT2D eigenvalue weighted by atomic mass is 35.5. The molecule has 162 valence electrons. The molecule has 0 fully saturated rings. The number of benzene rings is 3. The zero-order chi connectivity index (χ0) is 22.5. The first-order valence-electron chi connectivity index (χ1n) is 9.89. The van der Waals surface area contributed by atoms with Crippen LogP contribution >= 0.6 is 23.4 Å². The lowest BCUT2D eigenvalue weighted by Gasteiger charge is -2.12. The van der Waals surface area contributed by atoms with Gasteiger partial charge >= 0.3 is 0 Å². The summed E-state index contributed by atoms with van der Waals surface area (Å²) in [6, 6.07) is 22.9. The quantitative estimate of drug-likeness (QED) is 0.359. The summed E-state index contributed by atoms with van der Waals surface area (Å²) in [5.41, 5.74) is 3.46. The summed E-state index contributed by atoms with van der Waals surface area (Å²) in [5, 5.41) is 12.9. The molecular formula is C24H21ClN4O2S. The number of amides is 1.